The fourth-order valence-corrected chi connectivity index (χ4v) is 4.29. The Bertz CT molecular complexity index is 811. The molecule has 0 unspecified atom stereocenters. The highest BCUT2D eigenvalue weighted by molar-refractivity contribution is 5.40. The van der Waals surface area contributed by atoms with Crippen LogP contribution in [0, 0.1) is 0 Å². The first-order chi connectivity index (χ1) is 14.0. The zero-order valence-electron chi connectivity index (χ0n) is 20.2. The van der Waals surface area contributed by atoms with Gasteiger partial charge < -0.3 is 4.90 Å². The molecule has 0 amide bonds. The van der Waals surface area contributed by atoms with Crippen molar-refractivity contribution in [3.63, 3.8) is 0 Å². The highest BCUT2D eigenvalue weighted by Crippen LogP contribution is 2.39. The molecule has 0 bridgehead atoms. The maximum absolute atomic E-state index is 4.74. The molecule has 0 aliphatic carbocycles. The first-order valence-electron chi connectivity index (χ1n) is 11.5. The van der Waals surface area contributed by atoms with Crippen LogP contribution in [0.4, 0.5) is 5.82 Å². The maximum Gasteiger partial charge on any atom is 0.128 e. The highest BCUT2D eigenvalue weighted by Gasteiger charge is 2.44. The summed E-state index contributed by atoms with van der Waals surface area (Å²) in [4.78, 5) is 14.5. The van der Waals surface area contributed by atoms with Gasteiger partial charge in [0.05, 0.1) is 0 Å². The number of aromatic nitrogens is 2. The van der Waals surface area contributed by atoms with Gasteiger partial charge in [-0.05, 0) is 48.9 Å². The summed E-state index contributed by atoms with van der Waals surface area (Å²) in [6.07, 6.45) is 4.13. The zero-order chi connectivity index (χ0) is 22.1. The molecule has 1 fully saturated rings. The van der Waals surface area contributed by atoms with Crippen LogP contribution in [0.5, 0.6) is 0 Å². The van der Waals surface area contributed by atoms with Gasteiger partial charge in [0.1, 0.15) is 5.82 Å². The fraction of sp³-hybridized carbons (Fsp3) is 0.615. The summed E-state index contributed by atoms with van der Waals surface area (Å²) in [5.41, 5.74) is 3.80. The number of pyridine rings is 2. The predicted octanol–water partition coefficient (Wildman–Crippen LogP) is 5.60. The summed E-state index contributed by atoms with van der Waals surface area (Å²) in [5, 5.41) is 0. The Labute approximate surface area is 183 Å². The lowest BCUT2D eigenvalue weighted by atomic mass is 9.69. The lowest BCUT2D eigenvalue weighted by Gasteiger charge is -2.52. The first kappa shape index (κ1) is 22.7. The van der Waals surface area contributed by atoms with Gasteiger partial charge in [0.25, 0.3) is 0 Å². The summed E-state index contributed by atoms with van der Waals surface area (Å²) >= 11 is 0. The average Bonchev–Trinajstić information content (AvgIpc) is 2.73. The van der Waals surface area contributed by atoms with Crippen LogP contribution in [-0.2, 0) is 5.41 Å². The van der Waals surface area contributed by atoms with E-state index in [2.05, 4.69) is 95.7 Å². The molecule has 3 rings (SSSR count). The van der Waals surface area contributed by atoms with E-state index in [1.165, 1.54) is 11.1 Å². The predicted molar refractivity (Wildman–Crippen MR) is 128 cm³/mol. The lowest BCUT2D eigenvalue weighted by molar-refractivity contribution is 0.0491. The molecule has 2 aromatic heterocycles. The molecule has 0 saturated carbocycles. The minimum Gasteiger partial charge on any atom is -0.354 e. The number of hydrogen-bond donors (Lipinski definition) is 0. The summed E-state index contributed by atoms with van der Waals surface area (Å²) < 4.78 is 0. The molecule has 0 radical (unpaired) electrons. The van der Waals surface area contributed by atoms with Crippen LogP contribution in [0.2, 0.25) is 0 Å². The topological polar surface area (TPSA) is 32.3 Å². The average molecular weight is 409 g/mol. The second kappa shape index (κ2) is 8.66. The van der Waals surface area contributed by atoms with Gasteiger partial charge in [-0.3, -0.25) is 9.88 Å². The third kappa shape index (κ3) is 4.39. The third-order valence-corrected chi connectivity index (χ3v) is 7.46. The molecule has 164 valence electrons. The molecule has 2 aromatic rings. The molecule has 4 nitrogen and oxygen atoms in total. The van der Waals surface area contributed by atoms with Gasteiger partial charge in [-0.2, -0.15) is 0 Å². The number of anilines is 1. The molecular formula is C26H40N4. The standard InChI is InChI=1S/C26H40N4/c1-19(2)21-9-12-24(28-17-21)29-13-15-30(16-14-29)26(7,8)25(5,6)22-10-11-23(20(3)4)27-18-22/h9-12,17-20H,13-16H2,1-8H3. The molecule has 3 heterocycles. The maximum atomic E-state index is 4.74. The summed E-state index contributed by atoms with van der Waals surface area (Å²) in [7, 11) is 0. The summed E-state index contributed by atoms with van der Waals surface area (Å²) in [6, 6.07) is 8.88. The highest BCUT2D eigenvalue weighted by atomic mass is 15.3. The van der Waals surface area contributed by atoms with Crippen molar-refractivity contribution in [3.8, 4) is 0 Å². The summed E-state index contributed by atoms with van der Waals surface area (Å²) in [6.45, 7) is 22.4. The molecule has 0 N–H and O–H groups in total. The smallest absolute Gasteiger partial charge is 0.128 e. The second-order valence-electron chi connectivity index (χ2n) is 10.4. The van der Waals surface area contributed by atoms with Crippen LogP contribution in [0.1, 0.15) is 84.0 Å². The monoisotopic (exact) mass is 408 g/mol. The molecular weight excluding hydrogens is 368 g/mol. The number of rotatable bonds is 6. The fourth-order valence-electron chi connectivity index (χ4n) is 4.29. The first-order valence-corrected chi connectivity index (χ1v) is 11.5. The summed E-state index contributed by atoms with van der Waals surface area (Å²) in [5.74, 6) is 2.09. The van der Waals surface area contributed by atoms with Crippen LogP contribution < -0.4 is 4.90 Å². The molecule has 4 heteroatoms. The van der Waals surface area contributed by atoms with E-state index >= 15 is 0 Å². The van der Waals surface area contributed by atoms with Crippen molar-refractivity contribution >= 4 is 5.82 Å². The van der Waals surface area contributed by atoms with Crippen molar-refractivity contribution in [2.75, 3.05) is 31.1 Å². The van der Waals surface area contributed by atoms with Crippen molar-refractivity contribution in [1.29, 1.82) is 0 Å². The SMILES string of the molecule is CC(C)c1ccc(N2CCN(C(C)(C)C(C)(C)c3ccc(C(C)C)nc3)CC2)nc1. The van der Waals surface area contributed by atoms with Crippen LogP contribution >= 0.6 is 0 Å². The second-order valence-corrected chi connectivity index (χ2v) is 10.4. The number of nitrogens with zero attached hydrogens (tertiary/aromatic N) is 4. The Kier molecular flexibility index (Phi) is 6.57. The quantitative estimate of drug-likeness (QED) is 0.622. The van der Waals surface area contributed by atoms with Crippen molar-refractivity contribution in [2.24, 2.45) is 0 Å². The van der Waals surface area contributed by atoms with Crippen molar-refractivity contribution in [1.82, 2.24) is 14.9 Å². The van der Waals surface area contributed by atoms with E-state index in [1.54, 1.807) is 0 Å². The Morgan fingerprint density at radius 3 is 1.90 bits per heavy atom. The van der Waals surface area contributed by atoms with Crippen LogP contribution in [0.3, 0.4) is 0 Å². The van der Waals surface area contributed by atoms with Gasteiger partial charge in [0.15, 0.2) is 0 Å². The van der Waals surface area contributed by atoms with Crippen molar-refractivity contribution in [3.05, 3.63) is 53.5 Å². The zero-order valence-corrected chi connectivity index (χ0v) is 20.2. The molecule has 0 aromatic carbocycles. The normalized spacial score (nSPS) is 16.5. The van der Waals surface area contributed by atoms with E-state index in [4.69, 9.17) is 9.97 Å². The Balaban J connectivity index is 1.69. The van der Waals surface area contributed by atoms with E-state index in [1.807, 2.05) is 6.20 Å². The third-order valence-electron chi connectivity index (χ3n) is 7.46. The molecule has 30 heavy (non-hydrogen) atoms. The van der Waals surface area contributed by atoms with E-state index in [0.29, 0.717) is 11.8 Å². The van der Waals surface area contributed by atoms with Gasteiger partial charge in [-0.1, -0.05) is 53.7 Å². The van der Waals surface area contributed by atoms with Crippen molar-refractivity contribution in [2.45, 2.75) is 78.2 Å². The van der Waals surface area contributed by atoms with Crippen molar-refractivity contribution < 1.29 is 0 Å². The Hall–Kier alpha value is -1.94. The van der Waals surface area contributed by atoms with Gasteiger partial charge in [-0.25, -0.2) is 4.98 Å². The van der Waals surface area contributed by atoms with Gasteiger partial charge in [-0.15, -0.1) is 0 Å². The van der Waals surface area contributed by atoms with E-state index in [9.17, 15) is 0 Å². The van der Waals surface area contributed by atoms with Crippen LogP contribution in [0.15, 0.2) is 36.7 Å². The van der Waals surface area contributed by atoms with E-state index in [-0.39, 0.29) is 11.0 Å². The molecule has 1 saturated heterocycles. The molecule has 0 spiro atoms. The Morgan fingerprint density at radius 2 is 1.43 bits per heavy atom. The minimum atomic E-state index is -0.00512. The number of hydrogen-bond acceptors (Lipinski definition) is 4. The molecule has 1 aliphatic rings. The molecule has 1 aliphatic heterocycles. The van der Waals surface area contributed by atoms with E-state index in [0.717, 1.165) is 37.7 Å². The van der Waals surface area contributed by atoms with E-state index < -0.39 is 0 Å². The van der Waals surface area contributed by atoms with Gasteiger partial charge in [0, 0.05) is 55.2 Å². The van der Waals surface area contributed by atoms with Crippen LogP contribution in [0.25, 0.3) is 0 Å². The van der Waals surface area contributed by atoms with Crippen LogP contribution in [-0.4, -0.2) is 46.6 Å². The lowest BCUT2D eigenvalue weighted by Crippen LogP contribution is -2.61. The largest absolute Gasteiger partial charge is 0.354 e. The minimum absolute atomic E-state index is 0.00512. The molecule has 0 atom stereocenters. The number of piperazine rings is 1. The van der Waals surface area contributed by atoms with Gasteiger partial charge >= 0.3 is 0 Å². The Morgan fingerprint density at radius 1 is 0.767 bits per heavy atom. The van der Waals surface area contributed by atoms with Gasteiger partial charge in [0.2, 0.25) is 0 Å².